The molecular formula is C18H25N4O4S+. The first kappa shape index (κ1) is 19.5. The van der Waals surface area contributed by atoms with Gasteiger partial charge in [0.05, 0.1) is 31.1 Å². The van der Waals surface area contributed by atoms with Crippen LogP contribution in [0.5, 0.6) is 0 Å². The minimum absolute atomic E-state index is 0.163. The molecule has 1 amide bonds. The Morgan fingerprint density at radius 3 is 2.56 bits per heavy atom. The predicted molar refractivity (Wildman–Crippen MR) is 100 cm³/mol. The molecule has 0 aliphatic carbocycles. The second-order valence-electron chi connectivity index (χ2n) is 6.97. The van der Waals surface area contributed by atoms with Crippen molar-refractivity contribution >= 4 is 21.7 Å². The number of nitrogens with one attached hydrogen (secondary N) is 2. The molecule has 8 nitrogen and oxygen atoms in total. The molecule has 0 bridgehead atoms. The van der Waals surface area contributed by atoms with Gasteiger partial charge in [-0.3, -0.25) is 4.79 Å². The van der Waals surface area contributed by atoms with Crippen molar-refractivity contribution in [3.8, 4) is 0 Å². The molecule has 9 heteroatoms. The molecule has 0 saturated carbocycles. The van der Waals surface area contributed by atoms with Gasteiger partial charge in [-0.2, -0.15) is 4.31 Å². The number of amides is 1. The summed E-state index contributed by atoms with van der Waals surface area (Å²) in [6, 6.07) is 7.12. The van der Waals surface area contributed by atoms with E-state index in [-0.39, 0.29) is 12.5 Å². The quantitative estimate of drug-likeness (QED) is 0.753. The lowest BCUT2D eigenvalue weighted by Gasteiger charge is -2.31. The molecule has 1 aromatic carbocycles. The number of quaternary nitrogens is 1. The molecule has 146 valence electrons. The van der Waals surface area contributed by atoms with Gasteiger partial charge in [0.1, 0.15) is 5.76 Å². The summed E-state index contributed by atoms with van der Waals surface area (Å²) in [5.41, 5.74) is 1.67. The van der Waals surface area contributed by atoms with Crippen LogP contribution in [0.3, 0.4) is 0 Å². The number of piperazine rings is 1. The smallest absolute Gasteiger partial charge is 0.280 e. The average Bonchev–Trinajstić information content (AvgIpc) is 3.02. The summed E-state index contributed by atoms with van der Waals surface area (Å²) in [4.78, 5) is 13.5. The first-order valence-corrected chi connectivity index (χ1v) is 10.3. The maximum Gasteiger partial charge on any atom is 0.280 e. The molecular weight excluding hydrogens is 368 g/mol. The fourth-order valence-corrected chi connectivity index (χ4v) is 4.93. The van der Waals surface area contributed by atoms with Crippen LogP contribution in [0.15, 0.2) is 33.7 Å². The third-order valence-electron chi connectivity index (χ3n) is 4.70. The van der Waals surface area contributed by atoms with Crippen LogP contribution in [0.4, 0.5) is 5.82 Å². The fourth-order valence-electron chi connectivity index (χ4n) is 3.18. The molecule has 1 aliphatic heterocycles. The first-order valence-electron chi connectivity index (χ1n) is 8.90. The van der Waals surface area contributed by atoms with E-state index in [0.717, 1.165) is 16.0 Å². The Hall–Kier alpha value is -2.23. The van der Waals surface area contributed by atoms with Crippen LogP contribution >= 0.6 is 0 Å². The zero-order valence-corrected chi connectivity index (χ0v) is 16.6. The van der Waals surface area contributed by atoms with Crippen molar-refractivity contribution in [2.24, 2.45) is 0 Å². The molecule has 1 saturated heterocycles. The van der Waals surface area contributed by atoms with Crippen molar-refractivity contribution < 1.29 is 22.6 Å². The minimum Gasteiger partial charge on any atom is -0.360 e. The number of carbonyl (C=O) groups excluding carboxylic acids is 1. The molecule has 2 heterocycles. The van der Waals surface area contributed by atoms with Gasteiger partial charge in [0, 0.05) is 6.07 Å². The summed E-state index contributed by atoms with van der Waals surface area (Å²) in [6.45, 7) is 7.65. The number of anilines is 1. The van der Waals surface area contributed by atoms with Gasteiger partial charge in [-0.25, -0.2) is 8.42 Å². The minimum atomic E-state index is -3.52. The molecule has 2 N–H and O–H groups in total. The van der Waals surface area contributed by atoms with Crippen LogP contribution in [0.2, 0.25) is 0 Å². The first-order chi connectivity index (χ1) is 12.8. The number of aryl methyl sites for hydroxylation is 3. The number of benzene rings is 1. The van der Waals surface area contributed by atoms with E-state index in [0.29, 0.717) is 42.7 Å². The number of carbonyl (C=O) groups is 1. The highest BCUT2D eigenvalue weighted by Gasteiger charge is 2.32. The number of hydrogen-bond acceptors (Lipinski definition) is 5. The molecule has 0 radical (unpaired) electrons. The van der Waals surface area contributed by atoms with Crippen molar-refractivity contribution in [3.63, 3.8) is 0 Å². The van der Waals surface area contributed by atoms with Crippen molar-refractivity contribution in [1.29, 1.82) is 0 Å². The van der Waals surface area contributed by atoms with E-state index >= 15 is 0 Å². The number of sulfonamides is 1. The van der Waals surface area contributed by atoms with Gasteiger partial charge in [0.2, 0.25) is 10.0 Å². The van der Waals surface area contributed by atoms with Crippen molar-refractivity contribution in [3.05, 3.63) is 41.2 Å². The van der Waals surface area contributed by atoms with Crippen LogP contribution in [-0.2, 0) is 14.8 Å². The summed E-state index contributed by atoms with van der Waals surface area (Å²) in [5.74, 6) is 0.861. The molecule has 0 spiro atoms. The van der Waals surface area contributed by atoms with Gasteiger partial charge in [-0.05, 0) is 38.0 Å². The Morgan fingerprint density at radius 2 is 1.93 bits per heavy atom. The van der Waals surface area contributed by atoms with E-state index in [9.17, 15) is 13.2 Å². The van der Waals surface area contributed by atoms with Crippen molar-refractivity contribution in [2.75, 3.05) is 38.0 Å². The Kier molecular flexibility index (Phi) is 5.64. The topological polar surface area (TPSA) is 97.0 Å². The highest BCUT2D eigenvalue weighted by Crippen LogP contribution is 2.21. The lowest BCUT2D eigenvalue weighted by Crippen LogP contribution is -3.15. The van der Waals surface area contributed by atoms with Gasteiger partial charge < -0.3 is 14.7 Å². The van der Waals surface area contributed by atoms with E-state index in [1.165, 1.54) is 4.31 Å². The maximum absolute atomic E-state index is 13.0. The van der Waals surface area contributed by atoms with Gasteiger partial charge in [-0.15, -0.1) is 0 Å². The normalized spacial score (nSPS) is 16.4. The van der Waals surface area contributed by atoms with Crippen LogP contribution in [0, 0.1) is 20.8 Å². The molecule has 1 fully saturated rings. The molecule has 1 aliphatic rings. The molecule has 3 rings (SSSR count). The van der Waals surface area contributed by atoms with Crippen molar-refractivity contribution in [1.82, 2.24) is 9.46 Å². The third kappa shape index (κ3) is 4.55. The van der Waals surface area contributed by atoms with Crippen LogP contribution < -0.4 is 10.2 Å². The Balaban J connectivity index is 1.58. The summed E-state index contributed by atoms with van der Waals surface area (Å²) < 4.78 is 32.3. The van der Waals surface area contributed by atoms with Crippen LogP contribution in [0.25, 0.3) is 0 Å². The molecule has 27 heavy (non-hydrogen) atoms. The standard InChI is InChI=1S/C18H24N4O4S/c1-13-4-5-14(2)16(10-13)27(24,25)22-8-6-21(7-9-22)12-18(23)19-17-11-15(3)26-20-17/h4-5,10-11H,6-9,12H2,1-3H3,(H,19,20,23)/p+1. The average molecular weight is 393 g/mol. The Labute approximate surface area is 159 Å². The van der Waals surface area contributed by atoms with E-state index in [2.05, 4.69) is 10.5 Å². The predicted octanol–water partition coefficient (Wildman–Crippen LogP) is 0.128. The summed E-state index contributed by atoms with van der Waals surface area (Å²) in [7, 11) is -3.52. The highest BCUT2D eigenvalue weighted by molar-refractivity contribution is 7.89. The second-order valence-corrected chi connectivity index (χ2v) is 8.88. The van der Waals surface area contributed by atoms with Crippen LogP contribution in [0.1, 0.15) is 16.9 Å². The third-order valence-corrected chi connectivity index (χ3v) is 6.74. The Morgan fingerprint density at radius 1 is 1.22 bits per heavy atom. The molecule has 1 aromatic heterocycles. The number of aromatic nitrogens is 1. The number of nitrogens with zero attached hydrogens (tertiary/aromatic N) is 2. The number of rotatable bonds is 5. The van der Waals surface area contributed by atoms with Gasteiger partial charge in [-0.1, -0.05) is 17.3 Å². The van der Waals surface area contributed by atoms with E-state index in [1.807, 2.05) is 26.0 Å². The summed E-state index contributed by atoms with van der Waals surface area (Å²) >= 11 is 0. The number of hydrogen-bond donors (Lipinski definition) is 2. The van der Waals surface area contributed by atoms with Crippen LogP contribution in [-0.4, -0.2) is 56.5 Å². The fraction of sp³-hybridized carbons (Fsp3) is 0.444. The molecule has 0 unspecified atom stereocenters. The van der Waals surface area contributed by atoms with E-state index in [1.54, 1.807) is 19.1 Å². The van der Waals surface area contributed by atoms with Gasteiger partial charge in [0.25, 0.3) is 5.91 Å². The zero-order chi connectivity index (χ0) is 19.6. The lowest BCUT2D eigenvalue weighted by atomic mass is 10.2. The molecule has 0 atom stereocenters. The summed E-state index contributed by atoms with van der Waals surface area (Å²) in [5, 5.41) is 6.43. The van der Waals surface area contributed by atoms with Crippen molar-refractivity contribution in [2.45, 2.75) is 25.7 Å². The SMILES string of the molecule is Cc1ccc(C)c(S(=O)(=O)N2CC[NH+](CC(=O)Nc3cc(C)on3)CC2)c1. The second kappa shape index (κ2) is 7.79. The monoisotopic (exact) mass is 393 g/mol. The van der Waals surface area contributed by atoms with Gasteiger partial charge in [0.15, 0.2) is 12.4 Å². The van der Waals surface area contributed by atoms with E-state index < -0.39 is 10.0 Å². The van der Waals surface area contributed by atoms with E-state index in [4.69, 9.17) is 4.52 Å². The zero-order valence-electron chi connectivity index (χ0n) is 15.8. The largest absolute Gasteiger partial charge is 0.360 e. The van der Waals surface area contributed by atoms with Gasteiger partial charge >= 0.3 is 0 Å². The maximum atomic E-state index is 13.0. The summed E-state index contributed by atoms with van der Waals surface area (Å²) in [6.07, 6.45) is 0. The Bertz CT molecular complexity index is 931. The highest BCUT2D eigenvalue weighted by atomic mass is 32.2. The molecule has 2 aromatic rings. The lowest BCUT2D eigenvalue weighted by molar-refractivity contribution is -0.895.